The number of halogens is 1. The highest BCUT2D eigenvalue weighted by molar-refractivity contribution is 5.34. The Morgan fingerprint density at radius 1 is 1.50 bits per heavy atom. The minimum Gasteiger partial charge on any atom is -0.366 e. The van der Waals surface area contributed by atoms with Crippen LogP contribution in [0.25, 0.3) is 0 Å². The summed E-state index contributed by atoms with van der Waals surface area (Å²) in [5.74, 6) is 0.400. The first-order chi connectivity index (χ1) is 6.58. The molecule has 1 aromatic rings. The maximum Gasteiger partial charge on any atom is 0.141 e. The maximum absolute atomic E-state index is 12.5. The number of anilines is 1. The average molecular weight is 197 g/mol. The number of likely N-dealkylation sites (N-methyl/N-ethyl adjacent to an activating group) is 1. The largest absolute Gasteiger partial charge is 0.366 e. The van der Waals surface area contributed by atoms with Crippen LogP contribution in [0.3, 0.4) is 0 Å². The van der Waals surface area contributed by atoms with Crippen LogP contribution in [-0.4, -0.2) is 36.6 Å². The molecule has 0 aliphatic carbocycles. The van der Waals surface area contributed by atoms with Gasteiger partial charge in [0, 0.05) is 12.6 Å². The Morgan fingerprint density at radius 2 is 2.21 bits per heavy atom. The second-order valence-corrected chi connectivity index (χ2v) is 3.67. The Balaban J connectivity index is 2.47. The lowest BCUT2D eigenvalue weighted by Crippen LogP contribution is -2.29. The van der Waals surface area contributed by atoms with Gasteiger partial charge in [-0.25, -0.2) is 9.37 Å². The SMILES string of the molecule is CC(CN(C)C)Nc1ccc(F)cn1. The van der Waals surface area contributed by atoms with Crippen molar-refractivity contribution in [1.29, 1.82) is 0 Å². The number of aromatic nitrogens is 1. The summed E-state index contributed by atoms with van der Waals surface area (Å²) in [5, 5.41) is 3.18. The van der Waals surface area contributed by atoms with Crippen LogP contribution in [0.15, 0.2) is 18.3 Å². The third-order valence-corrected chi connectivity index (χ3v) is 1.76. The Kier molecular flexibility index (Phi) is 3.83. The smallest absolute Gasteiger partial charge is 0.141 e. The molecule has 0 fully saturated rings. The topological polar surface area (TPSA) is 28.2 Å². The zero-order chi connectivity index (χ0) is 10.6. The second kappa shape index (κ2) is 4.91. The summed E-state index contributed by atoms with van der Waals surface area (Å²) in [6, 6.07) is 3.34. The van der Waals surface area contributed by atoms with E-state index in [1.54, 1.807) is 6.07 Å². The number of pyridine rings is 1. The molecule has 0 amide bonds. The lowest BCUT2D eigenvalue weighted by atomic mass is 10.3. The average Bonchev–Trinajstić information content (AvgIpc) is 2.07. The molecule has 1 atom stereocenters. The summed E-state index contributed by atoms with van der Waals surface area (Å²) in [6.07, 6.45) is 1.21. The summed E-state index contributed by atoms with van der Waals surface area (Å²) < 4.78 is 12.5. The molecular weight excluding hydrogens is 181 g/mol. The van der Waals surface area contributed by atoms with Gasteiger partial charge in [0.15, 0.2) is 0 Å². The van der Waals surface area contributed by atoms with Gasteiger partial charge in [-0.3, -0.25) is 0 Å². The van der Waals surface area contributed by atoms with Gasteiger partial charge in [0.25, 0.3) is 0 Å². The van der Waals surface area contributed by atoms with Crippen molar-refractivity contribution in [3.8, 4) is 0 Å². The summed E-state index contributed by atoms with van der Waals surface area (Å²) in [7, 11) is 4.02. The molecule has 3 nitrogen and oxygen atoms in total. The summed E-state index contributed by atoms with van der Waals surface area (Å²) in [5.41, 5.74) is 0. The Hall–Kier alpha value is -1.16. The van der Waals surface area contributed by atoms with Crippen molar-refractivity contribution < 1.29 is 4.39 Å². The van der Waals surface area contributed by atoms with Crippen LogP contribution in [0.5, 0.6) is 0 Å². The van der Waals surface area contributed by atoms with E-state index in [1.807, 2.05) is 14.1 Å². The molecule has 78 valence electrons. The Bertz CT molecular complexity index is 271. The first kappa shape index (κ1) is 10.9. The molecule has 0 saturated carbocycles. The summed E-state index contributed by atoms with van der Waals surface area (Å²) in [6.45, 7) is 2.98. The summed E-state index contributed by atoms with van der Waals surface area (Å²) >= 11 is 0. The lowest BCUT2D eigenvalue weighted by Gasteiger charge is -2.18. The quantitative estimate of drug-likeness (QED) is 0.794. The van der Waals surface area contributed by atoms with E-state index in [-0.39, 0.29) is 5.82 Å². The highest BCUT2D eigenvalue weighted by Gasteiger charge is 2.03. The van der Waals surface area contributed by atoms with Crippen LogP contribution >= 0.6 is 0 Å². The molecule has 0 aromatic carbocycles. The third kappa shape index (κ3) is 3.70. The number of nitrogens with zero attached hydrogens (tertiary/aromatic N) is 2. The normalized spacial score (nSPS) is 12.9. The van der Waals surface area contributed by atoms with E-state index in [0.29, 0.717) is 11.9 Å². The highest BCUT2D eigenvalue weighted by Crippen LogP contribution is 2.05. The molecule has 1 N–H and O–H groups in total. The third-order valence-electron chi connectivity index (χ3n) is 1.76. The number of nitrogens with one attached hydrogen (secondary N) is 1. The molecule has 4 heteroatoms. The van der Waals surface area contributed by atoms with Gasteiger partial charge in [-0.05, 0) is 33.2 Å². The standard InChI is InChI=1S/C10H16FN3/c1-8(7-14(2)3)13-10-5-4-9(11)6-12-10/h4-6,8H,7H2,1-3H3,(H,12,13). The molecule has 0 aliphatic heterocycles. The molecule has 0 saturated heterocycles. The van der Waals surface area contributed by atoms with E-state index in [4.69, 9.17) is 0 Å². The minimum absolute atomic E-state index is 0.294. The Labute approximate surface area is 84.0 Å². The van der Waals surface area contributed by atoms with Crippen LogP contribution in [0.4, 0.5) is 10.2 Å². The van der Waals surface area contributed by atoms with E-state index in [1.165, 1.54) is 12.3 Å². The Morgan fingerprint density at radius 3 is 2.71 bits per heavy atom. The zero-order valence-electron chi connectivity index (χ0n) is 8.79. The molecule has 1 heterocycles. The predicted octanol–water partition coefficient (Wildman–Crippen LogP) is 1.58. The molecular formula is C10H16FN3. The van der Waals surface area contributed by atoms with Crippen molar-refractivity contribution in [2.24, 2.45) is 0 Å². The van der Waals surface area contributed by atoms with Crippen LogP contribution in [-0.2, 0) is 0 Å². The molecule has 0 aliphatic rings. The molecule has 1 aromatic heterocycles. The van der Waals surface area contributed by atoms with Gasteiger partial charge in [-0.2, -0.15) is 0 Å². The van der Waals surface area contributed by atoms with Gasteiger partial charge < -0.3 is 10.2 Å². The van der Waals surface area contributed by atoms with Crippen molar-refractivity contribution in [2.45, 2.75) is 13.0 Å². The molecule has 14 heavy (non-hydrogen) atoms. The van der Waals surface area contributed by atoms with E-state index in [9.17, 15) is 4.39 Å². The van der Waals surface area contributed by atoms with E-state index in [2.05, 4.69) is 22.1 Å². The van der Waals surface area contributed by atoms with Gasteiger partial charge in [-0.1, -0.05) is 0 Å². The molecule has 0 spiro atoms. The minimum atomic E-state index is -0.309. The van der Waals surface area contributed by atoms with Crippen molar-refractivity contribution in [2.75, 3.05) is 26.0 Å². The van der Waals surface area contributed by atoms with Crippen LogP contribution in [0, 0.1) is 5.82 Å². The first-order valence-electron chi connectivity index (χ1n) is 4.61. The molecule has 1 unspecified atom stereocenters. The fourth-order valence-electron chi connectivity index (χ4n) is 1.31. The van der Waals surface area contributed by atoms with Crippen molar-refractivity contribution >= 4 is 5.82 Å². The molecule has 1 rings (SSSR count). The lowest BCUT2D eigenvalue weighted by molar-refractivity contribution is 0.392. The first-order valence-corrected chi connectivity index (χ1v) is 4.61. The van der Waals surface area contributed by atoms with Crippen molar-refractivity contribution in [3.05, 3.63) is 24.1 Å². The number of hydrogen-bond donors (Lipinski definition) is 1. The van der Waals surface area contributed by atoms with Gasteiger partial charge in [-0.15, -0.1) is 0 Å². The fourth-order valence-corrected chi connectivity index (χ4v) is 1.31. The second-order valence-electron chi connectivity index (χ2n) is 3.67. The van der Waals surface area contributed by atoms with E-state index >= 15 is 0 Å². The number of hydrogen-bond acceptors (Lipinski definition) is 3. The monoisotopic (exact) mass is 197 g/mol. The molecule has 0 radical (unpaired) electrons. The fraction of sp³-hybridized carbons (Fsp3) is 0.500. The summed E-state index contributed by atoms with van der Waals surface area (Å²) in [4.78, 5) is 6.01. The zero-order valence-corrected chi connectivity index (χ0v) is 8.79. The van der Waals surface area contributed by atoms with Gasteiger partial charge in [0.2, 0.25) is 0 Å². The molecule has 0 bridgehead atoms. The van der Waals surface area contributed by atoms with Crippen LogP contribution in [0.2, 0.25) is 0 Å². The van der Waals surface area contributed by atoms with Gasteiger partial charge >= 0.3 is 0 Å². The van der Waals surface area contributed by atoms with Crippen LogP contribution in [0.1, 0.15) is 6.92 Å². The maximum atomic E-state index is 12.5. The number of rotatable bonds is 4. The van der Waals surface area contributed by atoms with E-state index < -0.39 is 0 Å². The van der Waals surface area contributed by atoms with Gasteiger partial charge in [0.1, 0.15) is 11.6 Å². The van der Waals surface area contributed by atoms with Gasteiger partial charge in [0.05, 0.1) is 6.20 Å². The predicted molar refractivity (Wildman–Crippen MR) is 55.8 cm³/mol. The van der Waals surface area contributed by atoms with Crippen LogP contribution < -0.4 is 5.32 Å². The highest BCUT2D eigenvalue weighted by atomic mass is 19.1. The van der Waals surface area contributed by atoms with E-state index in [0.717, 1.165) is 6.54 Å². The van der Waals surface area contributed by atoms with Crippen molar-refractivity contribution in [1.82, 2.24) is 9.88 Å². The van der Waals surface area contributed by atoms with Crippen molar-refractivity contribution in [3.63, 3.8) is 0 Å².